The number of anilines is 2. The van der Waals surface area contributed by atoms with E-state index in [-0.39, 0.29) is 5.43 Å². The van der Waals surface area contributed by atoms with Crippen molar-refractivity contribution in [2.45, 2.75) is 19.8 Å². The van der Waals surface area contributed by atoms with Gasteiger partial charge in [-0.1, -0.05) is 30.9 Å². The van der Waals surface area contributed by atoms with Crippen molar-refractivity contribution in [1.29, 1.82) is 0 Å². The third kappa shape index (κ3) is 3.83. The molecule has 0 bridgehead atoms. The van der Waals surface area contributed by atoms with E-state index < -0.39 is 0 Å². The first-order valence-electron chi connectivity index (χ1n) is 9.48. The van der Waals surface area contributed by atoms with E-state index in [2.05, 4.69) is 16.9 Å². The van der Waals surface area contributed by atoms with Crippen LogP contribution in [-0.4, -0.2) is 16.2 Å². The molecule has 0 saturated heterocycles. The summed E-state index contributed by atoms with van der Waals surface area (Å²) < 4.78 is 7.76. The molecule has 0 atom stereocenters. The minimum absolute atomic E-state index is 0.0980. The number of nitrogens with zero attached hydrogens (tertiary/aromatic N) is 2. The summed E-state index contributed by atoms with van der Waals surface area (Å²) in [6.07, 6.45) is 7.84. The topological polar surface area (TPSA) is 56.2 Å². The Morgan fingerprint density at radius 3 is 2.82 bits per heavy atom. The van der Waals surface area contributed by atoms with Crippen LogP contribution in [0.1, 0.15) is 19.8 Å². The lowest BCUT2D eigenvalue weighted by molar-refractivity contribution is 0.289. The monoisotopic (exact) mass is 373 g/mol. The summed E-state index contributed by atoms with van der Waals surface area (Å²) in [5.41, 5.74) is 2.25. The quantitative estimate of drug-likeness (QED) is 0.594. The Hall–Kier alpha value is -3.34. The van der Waals surface area contributed by atoms with Crippen molar-refractivity contribution in [3.63, 3.8) is 0 Å². The zero-order valence-corrected chi connectivity index (χ0v) is 15.9. The molecule has 0 unspecified atom stereocenters. The number of rotatable bonds is 7. The number of hydrogen-bond acceptors (Lipinski definition) is 4. The number of para-hydroxylation sites is 1. The molecular weight excluding hydrogens is 350 g/mol. The summed E-state index contributed by atoms with van der Waals surface area (Å²) >= 11 is 0. The van der Waals surface area contributed by atoms with Crippen molar-refractivity contribution >= 4 is 28.1 Å². The lowest BCUT2D eigenvalue weighted by atomic mass is 10.2. The predicted octanol–water partition coefficient (Wildman–Crippen LogP) is 4.98. The van der Waals surface area contributed by atoms with Gasteiger partial charge in [0.25, 0.3) is 0 Å². The molecule has 2 heterocycles. The van der Waals surface area contributed by atoms with Gasteiger partial charge in [0, 0.05) is 29.7 Å². The molecule has 5 nitrogen and oxygen atoms in total. The van der Waals surface area contributed by atoms with E-state index in [0.717, 1.165) is 16.9 Å². The number of nitrogens with one attached hydrogen (secondary N) is 1. The molecule has 28 heavy (non-hydrogen) atoms. The van der Waals surface area contributed by atoms with E-state index >= 15 is 0 Å². The zero-order chi connectivity index (χ0) is 19.5. The van der Waals surface area contributed by atoms with E-state index in [1.165, 1.54) is 12.8 Å². The van der Waals surface area contributed by atoms with Gasteiger partial charge in [0.2, 0.25) is 5.88 Å². The molecule has 3 aromatic rings. The summed E-state index contributed by atoms with van der Waals surface area (Å²) in [4.78, 5) is 17.1. The van der Waals surface area contributed by atoms with Crippen LogP contribution in [0.3, 0.4) is 0 Å². The van der Waals surface area contributed by atoms with E-state index in [1.807, 2.05) is 60.0 Å². The molecule has 1 fully saturated rings. The van der Waals surface area contributed by atoms with Crippen LogP contribution in [0.5, 0.6) is 5.88 Å². The minimum atomic E-state index is -0.0980. The molecular formula is C23H23N3O2. The molecule has 142 valence electrons. The van der Waals surface area contributed by atoms with Gasteiger partial charge < -0.3 is 10.1 Å². The molecule has 0 radical (unpaired) electrons. The molecule has 0 amide bonds. The van der Waals surface area contributed by atoms with Crippen LogP contribution in [0.4, 0.5) is 11.5 Å². The molecule has 1 saturated carbocycles. The van der Waals surface area contributed by atoms with Crippen LogP contribution < -0.4 is 15.5 Å². The van der Waals surface area contributed by atoms with Crippen LogP contribution in [0, 0.1) is 5.92 Å². The van der Waals surface area contributed by atoms with Gasteiger partial charge in [0.15, 0.2) is 5.43 Å². The van der Waals surface area contributed by atoms with Crippen molar-refractivity contribution in [3.05, 3.63) is 77.6 Å². The average Bonchev–Trinajstić information content (AvgIpc) is 3.52. The number of fused-ring (bicyclic) bond motifs is 1. The maximum Gasteiger partial charge on any atom is 0.215 e. The van der Waals surface area contributed by atoms with Crippen LogP contribution in [0.25, 0.3) is 16.6 Å². The van der Waals surface area contributed by atoms with Gasteiger partial charge in [-0.2, -0.15) is 0 Å². The first-order chi connectivity index (χ1) is 13.7. The second-order valence-electron chi connectivity index (χ2n) is 7.01. The van der Waals surface area contributed by atoms with Crippen molar-refractivity contribution in [3.8, 4) is 5.88 Å². The van der Waals surface area contributed by atoms with Gasteiger partial charge in [-0.05, 0) is 43.9 Å². The van der Waals surface area contributed by atoms with Gasteiger partial charge in [-0.15, -0.1) is 0 Å². The summed E-state index contributed by atoms with van der Waals surface area (Å²) in [6.45, 7) is 6.79. The van der Waals surface area contributed by atoms with Gasteiger partial charge >= 0.3 is 0 Å². The van der Waals surface area contributed by atoms with Gasteiger partial charge in [-0.25, -0.2) is 4.98 Å². The fourth-order valence-corrected chi connectivity index (χ4v) is 3.10. The molecule has 2 aromatic heterocycles. The lowest BCUT2D eigenvalue weighted by Crippen LogP contribution is -2.13. The van der Waals surface area contributed by atoms with Crippen LogP contribution >= 0.6 is 0 Å². The number of hydrogen-bond donors (Lipinski definition) is 1. The van der Waals surface area contributed by atoms with E-state index in [0.29, 0.717) is 29.6 Å². The second-order valence-corrected chi connectivity index (χ2v) is 7.01. The molecule has 5 heteroatoms. The standard InChI is InChI=1S/C23H23N3O2/c1-3-7-16(2)26-20-12-23(28-15-17-10-11-17)24-14-19(20)21(27)13-22(26)25-18-8-5-4-6-9-18/h3-9,12-14,17,25H,2,10-11,15H2,1H3/b7-3-. The molecule has 1 aromatic carbocycles. The fourth-order valence-electron chi connectivity index (χ4n) is 3.10. The Bertz CT molecular complexity index is 1100. The van der Waals surface area contributed by atoms with Gasteiger partial charge in [-0.3, -0.25) is 9.36 Å². The van der Waals surface area contributed by atoms with E-state index in [4.69, 9.17) is 4.74 Å². The van der Waals surface area contributed by atoms with Gasteiger partial charge in [0.05, 0.1) is 17.5 Å². The first-order valence-corrected chi connectivity index (χ1v) is 9.48. The smallest absolute Gasteiger partial charge is 0.215 e. The summed E-state index contributed by atoms with van der Waals surface area (Å²) in [5.74, 6) is 1.80. The Balaban J connectivity index is 1.84. The maximum atomic E-state index is 12.7. The second kappa shape index (κ2) is 7.72. The van der Waals surface area contributed by atoms with E-state index in [1.54, 1.807) is 12.3 Å². The number of benzene rings is 1. The number of allylic oxidation sites excluding steroid dienone is 3. The van der Waals surface area contributed by atoms with Crippen molar-refractivity contribution in [1.82, 2.24) is 9.55 Å². The normalized spacial score (nSPS) is 13.8. The minimum Gasteiger partial charge on any atom is -0.477 e. The number of aromatic nitrogens is 2. The van der Waals surface area contributed by atoms with Crippen LogP contribution in [0.15, 0.2) is 72.2 Å². The van der Waals surface area contributed by atoms with Crippen molar-refractivity contribution < 1.29 is 4.74 Å². The molecule has 1 aliphatic carbocycles. The Labute approximate surface area is 164 Å². The van der Waals surface area contributed by atoms with Gasteiger partial charge in [0.1, 0.15) is 5.82 Å². The molecule has 0 aliphatic heterocycles. The fraction of sp³-hybridized carbons (Fsp3) is 0.217. The largest absolute Gasteiger partial charge is 0.477 e. The highest BCUT2D eigenvalue weighted by molar-refractivity contribution is 5.86. The van der Waals surface area contributed by atoms with E-state index in [9.17, 15) is 4.79 Å². The highest BCUT2D eigenvalue weighted by Crippen LogP contribution is 2.30. The third-order valence-corrected chi connectivity index (χ3v) is 4.73. The number of pyridine rings is 2. The average molecular weight is 373 g/mol. The summed E-state index contributed by atoms with van der Waals surface area (Å²) in [7, 11) is 0. The molecule has 4 rings (SSSR count). The first kappa shape index (κ1) is 18.0. The summed E-state index contributed by atoms with van der Waals surface area (Å²) in [5, 5.41) is 3.86. The number of ether oxygens (including phenoxy) is 1. The molecule has 1 aliphatic rings. The third-order valence-electron chi connectivity index (χ3n) is 4.73. The van der Waals surface area contributed by atoms with Crippen molar-refractivity contribution in [2.24, 2.45) is 5.92 Å². The maximum absolute atomic E-state index is 12.7. The van der Waals surface area contributed by atoms with Crippen LogP contribution in [0.2, 0.25) is 0 Å². The highest BCUT2D eigenvalue weighted by Gasteiger charge is 2.22. The Kier molecular flexibility index (Phi) is 4.98. The Morgan fingerprint density at radius 1 is 1.32 bits per heavy atom. The zero-order valence-electron chi connectivity index (χ0n) is 15.9. The lowest BCUT2D eigenvalue weighted by Gasteiger charge is -2.19. The van der Waals surface area contributed by atoms with Crippen LogP contribution in [-0.2, 0) is 0 Å². The Morgan fingerprint density at radius 2 is 2.11 bits per heavy atom. The summed E-state index contributed by atoms with van der Waals surface area (Å²) in [6, 6.07) is 13.1. The molecule has 0 spiro atoms. The highest BCUT2D eigenvalue weighted by atomic mass is 16.5. The molecule has 1 N–H and O–H groups in total. The SMILES string of the molecule is C=C(/C=C\C)n1c(Nc2ccccc2)cc(=O)c2cnc(OCC3CC3)cc21. The van der Waals surface area contributed by atoms with Crippen molar-refractivity contribution in [2.75, 3.05) is 11.9 Å². The predicted molar refractivity (Wildman–Crippen MR) is 114 cm³/mol.